The highest BCUT2D eigenvalue weighted by Gasteiger charge is 2.46. The van der Waals surface area contributed by atoms with E-state index < -0.39 is 5.54 Å². The molecule has 1 amide bonds. The number of nitrogens with two attached hydrogens (primary N) is 1. The lowest BCUT2D eigenvalue weighted by molar-refractivity contribution is 0.235. The first-order chi connectivity index (χ1) is 9.11. The lowest BCUT2D eigenvalue weighted by atomic mass is 10.1. The molecule has 5 nitrogen and oxygen atoms in total. The first-order valence-electron chi connectivity index (χ1n) is 5.99. The Labute approximate surface area is 109 Å². The fraction of sp³-hybridized carbons (Fsp3) is 0.231. The highest BCUT2D eigenvalue weighted by molar-refractivity contribution is 5.80. The number of benzene rings is 1. The van der Waals surface area contributed by atoms with Crippen molar-refractivity contribution in [3.63, 3.8) is 0 Å². The fourth-order valence-electron chi connectivity index (χ4n) is 2.12. The Morgan fingerprint density at radius 1 is 1.32 bits per heavy atom. The lowest BCUT2D eigenvalue weighted by Crippen LogP contribution is -2.38. The molecule has 3 N–H and O–H groups in total. The van der Waals surface area contributed by atoms with Crippen LogP contribution < -0.4 is 11.1 Å². The van der Waals surface area contributed by atoms with E-state index >= 15 is 0 Å². The van der Waals surface area contributed by atoms with E-state index in [0.29, 0.717) is 0 Å². The Morgan fingerprint density at radius 3 is 2.53 bits per heavy atom. The van der Waals surface area contributed by atoms with Gasteiger partial charge < -0.3 is 11.1 Å². The first kappa shape index (κ1) is 11.7. The van der Waals surface area contributed by atoms with Crippen molar-refractivity contribution in [2.75, 3.05) is 5.73 Å². The van der Waals surface area contributed by atoms with Crippen molar-refractivity contribution in [2.24, 2.45) is 0 Å². The molecule has 1 aromatic heterocycles. The van der Waals surface area contributed by atoms with Crippen molar-refractivity contribution in [1.82, 2.24) is 15.1 Å². The van der Waals surface area contributed by atoms with Crippen molar-refractivity contribution >= 4 is 11.8 Å². The van der Waals surface area contributed by atoms with Gasteiger partial charge in [0.05, 0.1) is 11.7 Å². The van der Waals surface area contributed by atoms with Crippen LogP contribution in [0.1, 0.15) is 18.4 Å². The van der Waals surface area contributed by atoms with Gasteiger partial charge in [0.1, 0.15) is 11.6 Å². The van der Waals surface area contributed by atoms with Crippen molar-refractivity contribution < 1.29 is 9.18 Å². The fourth-order valence-corrected chi connectivity index (χ4v) is 2.12. The normalized spacial score (nSPS) is 16.1. The number of hydrogen-bond acceptors (Lipinski definition) is 3. The van der Waals surface area contributed by atoms with Gasteiger partial charge in [0, 0.05) is 6.07 Å². The monoisotopic (exact) mass is 260 g/mol. The molecule has 1 fully saturated rings. The number of anilines is 1. The molecule has 1 aromatic carbocycles. The van der Waals surface area contributed by atoms with Crippen LogP contribution in [0, 0.1) is 5.82 Å². The summed E-state index contributed by atoms with van der Waals surface area (Å²) in [5.74, 6) is -0.00500. The number of carbonyl (C=O) groups excluding carboxylic acids is 1. The van der Waals surface area contributed by atoms with E-state index in [4.69, 9.17) is 5.73 Å². The average molecular weight is 260 g/mol. The SMILES string of the molecule is Nc1ccnn1C(=O)NC1(c2ccc(F)cc2)CC1. The van der Waals surface area contributed by atoms with Crippen LogP contribution in [0.15, 0.2) is 36.5 Å². The quantitative estimate of drug-likeness (QED) is 0.865. The summed E-state index contributed by atoms with van der Waals surface area (Å²) >= 11 is 0. The molecular weight excluding hydrogens is 247 g/mol. The third-order valence-electron chi connectivity index (χ3n) is 3.36. The van der Waals surface area contributed by atoms with E-state index in [0.717, 1.165) is 23.1 Å². The molecule has 0 atom stereocenters. The molecule has 6 heteroatoms. The zero-order valence-electron chi connectivity index (χ0n) is 10.1. The minimum absolute atomic E-state index is 0.285. The number of halogens is 1. The number of nitrogen functional groups attached to an aromatic ring is 1. The Hall–Kier alpha value is -2.37. The van der Waals surface area contributed by atoms with Crippen LogP contribution in [0.25, 0.3) is 0 Å². The minimum Gasteiger partial charge on any atom is -0.383 e. The zero-order chi connectivity index (χ0) is 13.5. The van der Waals surface area contributed by atoms with E-state index in [2.05, 4.69) is 10.4 Å². The zero-order valence-corrected chi connectivity index (χ0v) is 10.1. The number of hydrogen-bond donors (Lipinski definition) is 2. The molecule has 0 bridgehead atoms. The summed E-state index contributed by atoms with van der Waals surface area (Å²) in [4.78, 5) is 12.1. The Balaban J connectivity index is 1.81. The van der Waals surface area contributed by atoms with E-state index in [-0.39, 0.29) is 17.7 Å². The molecule has 98 valence electrons. The predicted octanol–water partition coefficient (Wildman–Crippen LogP) is 1.85. The van der Waals surface area contributed by atoms with Crippen molar-refractivity contribution in [2.45, 2.75) is 18.4 Å². The Bertz CT molecular complexity index is 616. The molecule has 0 unspecified atom stereocenters. The predicted molar refractivity (Wildman–Crippen MR) is 67.9 cm³/mol. The summed E-state index contributed by atoms with van der Waals surface area (Å²) < 4.78 is 14.0. The molecule has 0 spiro atoms. The molecule has 0 saturated heterocycles. The summed E-state index contributed by atoms with van der Waals surface area (Å²) in [6.07, 6.45) is 3.11. The molecule has 1 aliphatic rings. The van der Waals surface area contributed by atoms with E-state index in [1.807, 2.05) is 0 Å². The van der Waals surface area contributed by atoms with Crippen LogP contribution in [0.4, 0.5) is 15.0 Å². The third-order valence-corrected chi connectivity index (χ3v) is 3.36. The molecule has 19 heavy (non-hydrogen) atoms. The number of amides is 1. The first-order valence-corrected chi connectivity index (χ1v) is 5.99. The van der Waals surface area contributed by atoms with E-state index in [9.17, 15) is 9.18 Å². The van der Waals surface area contributed by atoms with Gasteiger partial charge in [-0.05, 0) is 30.5 Å². The van der Waals surface area contributed by atoms with Gasteiger partial charge in [0.25, 0.3) is 0 Å². The average Bonchev–Trinajstić information content (AvgIpc) is 3.03. The van der Waals surface area contributed by atoms with Crippen LogP contribution in [0.3, 0.4) is 0 Å². The van der Waals surface area contributed by atoms with Gasteiger partial charge >= 0.3 is 6.03 Å². The second-order valence-corrected chi connectivity index (χ2v) is 4.69. The lowest BCUT2D eigenvalue weighted by Gasteiger charge is -2.18. The summed E-state index contributed by atoms with van der Waals surface area (Å²) in [5, 5.41) is 6.76. The highest BCUT2D eigenvalue weighted by Crippen LogP contribution is 2.45. The molecule has 1 aliphatic carbocycles. The molecule has 3 rings (SSSR count). The van der Waals surface area contributed by atoms with E-state index in [1.54, 1.807) is 18.2 Å². The second-order valence-electron chi connectivity index (χ2n) is 4.69. The molecule has 2 aromatic rings. The van der Waals surface area contributed by atoms with Crippen LogP contribution >= 0.6 is 0 Å². The summed E-state index contributed by atoms with van der Waals surface area (Å²) in [5.41, 5.74) is 6.11. The van der Waals surface area contributed by atoms with Gasteiger partial charge in [-0.3, -0.25) is 0 Å². The van der Waals surface area contributed by atoms with Gasteiger partial charge in [-0.1, -0.05) is 12.1 Å². The maximum Gasteiger partial charge on any atom is 0.344 e. The maximum atomic E-state index is 12.9. The van der Waals surface area contributed by atoms with Crippen LogP contribution in [-0.2, 0) is 5.54 Å². The van der Waals surface area contributed by atoms with Crippen molar-refractivity contribution in [3.05, 3.63) is 47.9 Å². The molecule has 0 radical (unpaired) electrons. The molecule has 1 saturated carbocycles. The molecule has 0 aliphatic heterocycles. The Morgan fingerprint density at radius 2 is 2.00 bits per heavy atom. The standard InChI is InChI=1S/C13H13FN4O/c14-10-3-1-9(2-4-10)13(6-7-13)17-12(19)18-11(15)5-8-16-18/h1-5,8H,6-7,15H2,(H,17,19). The maximum absolute atomic E-state index is 12.9. The smallest absolute Gasteiger partial charge is 0.344 e. The minimum atomic E-state index is -0.414. The van der Waals surface area contributed by atoms with Crippen LogP contribution in [-0.4, -0.2) is 15.8 Å². The number of carbonyl (C=O) groups is 1. The van der Waals surface area contributed by atoms with Gasteiger partial charge in [-0.15, -0.1) is 0 Å². The van der Waals surface area contributed by atoms with Gasteiger partial charge in [-0.2, -0.15) is 9.78 Å². The van der Waals surface area contributed by atoms with Gasteiger partial charge in [0.15, 0.2) is 0 Å². The Kier molecular flexibility index (Phi) is 2.51. The van der Waals surface area contributed by atoms with Gasteiger partial charge in [0.2, 0.25) is 0 Å². The summed E-state index contributed by atoms with van der Waals surface area (Å²) in [6.45, 7) is 0. The van der Waals surface area contributed by atoms with Crippen molar-refractivity contribution in [1.29, 1.82) is 0 Å². The summed E-state index contributed by atoms with van der Waals surface area (Å²) in [6, 6.07) is 7.35. The topological polar surface area (TPSA) is 72.9 Å². The van der Waals surface area contributed by atoms with Crippen LogP contribution in [0.5, 0.6) is 0 Å². The largest absolute Gasteiger partial charge is 0.383 e. The highest BCUT2D eigenvalue weighted by atomic mass is 19.1. The molecular formula is C13H13FN4O. The number of nitrogens with zero attached hydrogens (tertiary/aromatic N) is 2. The van der Waals surface area contributed by atoms with Gasteiger partial charge in [-0.25, -0.2) is 9.18 Å². The summed E-state index contributed by atoms with van der Waals surface area (Å²) in [7, 11) is 0. The van der Waals surface area contributed by atoms with Crippen molar-refractivity contribution in [3.8, 4) is 0 Å². The number of aromatic nitrogens is 2. The van der Waals surface area contributed by atoms with Crippen LogP contribution in [0.2, 0.25) is 0 Å². The number of nitrogens with one attached hydrogen (secondary N) is 1. The number of rotatable bonds is 2. The van der Waals surface area contributed by atoms with E-state index in [1.165, 1.54) is 18.3 Å². The second kappa shape index (κ2) is 4.08. The third kappa shape index (κ3) is 2.05. The molecule has 1 heterocycles.